The van der Waals surface area contributed by atoms with Gasteiger partial charge in [0.2, 0.25) is 16.0 Å². The summed E-state index contributed by atoms with van der Waals surface area (Å²) in [4.78, 5) is 20.6. The number of benzene rings is 1. The average molecular weight is 556 g/mol. The summed E-state index contributed by atoms with van der Waals surface area (Å²) in [5, 5.41) is 38.6. The topological polar surface area (TPSA) is 170 Å². The molecular weight excluding hydrogens is 521 g/mol. The highest BCUT2D eigenvalue weighted by molar-refractivity contribution is 7.92. The Bertz CT molecular complexity index is 1220. The van der Waals surface area contributed by atoms with E-state index in [0.29, 0.717) is 22.5 Å². The Labute approximate surface area is 221 Å². The van der Waals surface area contributed by atoms with Crippen molar-refractivity contribution in [1.82, 2.24) is 9.97 Å². The Kier molecular flexibility index (Phi) is 11.3. The van der Waals surface area contributed by atoms with Crippen LogP contribution in [0.4, 0.5) is 10.3 Å². The second-order valence-electron chi connectivity index (χ2n) is 9.10. The molecule has 0 saturated heterocycles. The molecule has 0 fully saturated rings. The summed E-state index contributed by atoms with van der Waals surface area (Å²) in [5.74, 6) is -1.55. The van der Waals surface area contributed by atoms with Crippen LogP contribution >= 0.6 is 0 Å². The number of aliphatic hydroxyl groups is 4. The fourth-order valence-corrected chi connectivity index (χ4v) is 3.72. The van der Waals surface area contributed by atoms with Crippen molar-refractivity contribution in [2.24, 2.45) is 0 Å². The predicted molar refractivity (Wildman–Crippen MR) is 139 cm³/mol. The minimum absolute atomic E-state index is 0.0755. The zero-order chi connectivity index (χ0) is 28.6. The summed E-state index contributed by atoms with van der Waals surface area (Å²) in [7, 11) is -2.36. The molecule has 1 heterocycles. The quantitative estimate of drug-likeness (QED) is 0.263. The number of nitrogens with zero attached hydrogens (tertiary/aromatic N) is 3. The molecule has 4 N–H and O–H groups in total. The number of hydrogen-bond acceptors (Lipinski definition) is 10. The van der Waals surface area contributed by atoms with Crippen LogP contribution in [0, 0.1) is 5.82 Å². The molecule has 3 unspecified atom stereocenters. The molecule has 0 aliphatic heterocycles. The van der Waals surface area contributed by atoms with E-state index in [1.165, 1.54) is 43.5 Å². The lowest BCUT2D eigenvalue weighted by atomic mass is 9.97. The highest BCUT2D eigenvalue weighted by Gasteiger charge is 2.23. The van der Waals surface area contributed by atoms with E-state index in [0.717, 1.165) is 10.6 Å². The van der Waals surface area contributed by atoms with Crippen LogP contribution in [0.25, 0.3) is 17.3 Å². The van der Waals surface area contributed by atoms with Crippen molar-refractivity contribution < 1.29 is 42.8 Å². The Balaban J connectivity index is 2.38. The zero-order valence-electron chi connectivity index (χ0n) is 21.7. The van der Waals surface area contributed by atoms with E-state index < -0.39 is 59.8 Å². The third kappa shape index (κ3) is 9.10. The van der Waals surface area contributed by atoms with E-state index >= 15 is 0 Å². The Morgan fingerprint density at radius 3 is 2.32 bits per heavy atom. The standard InChI is InChI=1S/C25H34FN3O8S/c1-15(2)23-21(10-9-18(31)11-19(32)12-22(34)37-14-20(33)13-30)24(16-5-7-17(26)8-6-16)28-25(27-23)29(3)38(4,35)36/h5-10,15,18-20,30-33H,11-14H2,1-4H3. The number of rotatable bonds is 13. The van der Waals surface area contributed by atoms with Crippen LogP contribution in [0.5, 0.6) is 0 Å². The van der Waals surface area contributed by atoms with Crippen molar-refractivity contribution in [2.45, 2.75) is 50.9 Å². The molecule has 11 nitrogen and oxygen atoms in total. The summed E-state index contributed by atoms with van der Waals surface area (Å²) in [6, 6.07) is 5.46. The Hall–Kier alpha value is -2.97. The first-order valence-electron chi connectivity index (χ1n) is 11.8. The van der Waals surface area contributed by atoms with E-state index in [-0.39, 0.29) is 18.3 Å². The van der Waals surface area contributed by atoms with Crippen LogP contribution in [0.3, 0.4) is 0 Å². The van der Waals surface area contributed by atoms with Gasteiger partial charge in [-0.25, -0.2) is 27.1 Å². The lowest BCUT2D eigenvalue weighted by Crippen LogP contribution is -2.27. The Morgan fingerprint density at radius 1 is 1.13 bits per heavy atom. The molecule has 0 saturated carbocycles. The van der Waals surface area contributed by atoms with Crippen molar-refractivity contribution in [3.05, 3.63) is 47.4 Å². The van der Waals surface area contributed by atoms with Crippen molar-refractivity contribution in [3.8, 4) is 11.3 Å². The molecule has 2 aromatic rings. The number of esters is 1. The minimum Gasteiger partial charge on any atom is -0.463 e. The minimum atomic E-state index is -3.68. The largest absolute Gasteiger partial charge is 0.463 e. The molecule has 3 atom stereocenters. The van der Waals surface area contributed by atoms with Crippen LogP contribution in [-0.4, -0.2) is 89.6 Å². The van der Waals surface area contributed by atoms with Gasteiger partial charge in [0.1, 0.15) is 18.5 Å². The summed E-state index contributed by atoms with van der Waals surface area (Å²) in [5.41, 5.74) is 1.73. The van der Waals surface area contributed by atoms with Gasteiger partial charge < -0.3 is 25.2 Å². The van der Waals surface area contributed by atoms with Crippen LogP contribution in [0.15, 0.2) is 30.3 Å². The number of sulfonamides is 1. The molecule has 0 bridgehead atoms. The molecule has 1 aromatic carbocycles. The zero-order valence-corrected chi connectivity index (χ0v) is 22.5. The van der Waals surface area contributed by atoms with Gasteiger partial charge in [0.05, 0.1) is 42.9 Å². The number of aliphatic hydroxyl groups excluding tert-OH is 4. The maximum absolute atomic E-state index is 13.6. The molecule has 2 rings (SSSR count). The monoisotopic (exact) mass is 555 g/mol. The van der Waals surface area contributed by atoms with Gasteiger partial charge >= 0.3 is 5.97 Å². The summed E-state index contributed by atoms with van der Waals surface area (Å²) in [6.45, 7) is 2.70. The fourth-order valence-electron chi connectivity index (χ4n) is 3.34. The van der Waals surface area contributed by atoms with Crippen molar-refractivity contribution in [1.29, 1.82) is 0 Å². The van der Waals surface area contributed by atoms with E-state index in [9.17, 15) is 32.9 Å². The molecule has 1 aromatic heterocycles. The van der Waals surface area contributed by atoms with Crippen LogP contribution in [0.2, 0.25) is 0 Å². The van der Waals surface area contributed by atoms with Crippen molar-refractivity contribution in [3.63, 3.8) is 0 Å². The maximum Gasteiger partial charge on any atom is 0.308 e. The van der Waals surface area contributed by atoms with Gasteiger partial charge in [-0.1, -0.05) is 26.0 Å². The molecule has 13 heteroatoms. The fraction of sp³-hybridized carbons (Fsp3) is 0.480. The van der Waals surface area contributed by atoms with E-state index in [2.05, 4.69) is 9.97 Å². The molecule has 0 aliphatic rings. The molecular formula is C25H34FN3O8S. The summed E-state index contributed by atoms with van der Waals surface area (Å²) >= 11 is 0. The third-order valence-corrected chi connectivity index (χ3v) is 6.61. The van der Waals surface area contributed by atoms with Crippen molar-refractivity contribution >= 4 is 28.0 Å². The molecule has 210 valence electrons. The lowest BCUT2D eigenvalue weighted by molar-refractivity contribution is -0.149. The molecule has 0 spiro atoms. The smallest absolute Gasteiger partial charge is 0.308 e. The summed E-state index contributed by atoms with van der Waals surface area (Å²) < 4.78 is 43.6. The van der Waals surface area contributed by atoms with E-state index in [1.54, 1.807) is 0 Å². The second-order valence-corrected chi connectivity index (χ2v) is 11.1. The first-order chi connectivity index (χ1) is 17.7. The van der Waals surface area contributed by atoms with Gasteiger partial charge in [-0.3, -0.25) is 4.79 Å². The second kappa shape index (κ2) is 13.7. The molecule has 0 amide bonds. The van der Waals surface area contributed by atoms with Gasteiger partial charge in [0.15, 0.2) is 0 Å². The number of hydrogen-bond donors (Lipinski definition) is 4. The predicted octanol–water partition coefficient (Wildman–Crippen LogP) is 1.21. The lowest BCUT2D eigenvalue weighted by Gasteiger charge is -2.20. The number of carbonyl (C=O) groups excluding carboxylic acids is 1. The third-order valence-electron chi connectivity index (χ3n) is 5.46. The molecule has 38 heavy (non-hydrogen) atoms. The Morgan fingerprint density at radius 2 is 1.76 bits per heavy atom. The number of anilines is 1. The molecule has 0 aliphatic carbocycles. The number of carbonyl (C=O) groups is 1. The van der Waals surface area contributed by atoms with Gasteiger partial charge in [0.25, 0.3) is 0 Å². The summed E-state index contributed by atoms with van der Waals surface area (Å²) in [6.07, 6.45) is -0.391. The molecule has 0 radical (unpaired) electrons. The SMILES string of the molecule is CC(C)c1nc(N(C)S(C)(=O)=O)nc(-c2ccc(F)cc2)c1C=CC(O)CC(O)CC(=O)OCC(O)CO. The number of halogens is 1. The van der Waals surface area contributed by atoms with Gasteiger partial charge in [-0.2, -0.15) is 0 Å². The van der Waals surface area contributed by atoms with Gasteiger partial charge in [-0.15, -0.1) is 0 Å². The first-order valence-corrected chi connectivity index (χ1v) is 13.7. The van der Waals surface area contributed by atoms with Crippen LogP contribution < -0.4 is 4.31 Å². The van der Waals surface area contributed by atoms with Crippen molar-refractivity contribution in [2.75, 3.05) is 30.8 Å². The number of aromatic nitrogens is 2. The highest BCUT2D eigenvalue weighted by atomic mass is 32.2. The van der Waals surface area contributed by atoms with Crippen LogP contribution in [0.1, 0.15) is 43.9 Å². The van der Waals surface area contributed by atoms with Crippen LogP contribution in [-0.2, 0) is 19.6 Å². The van der Waals surface area contributed by atoms with Gasteiger partial charge in [-0.05, 0) is 30.2 Å². The number of ether oxygens (including phenoxy) is 1. The first kappa shape index (κ1) is 31.2. The van der Waals surface area contributed by atoms with E-state index in [1.807, 2.05) is 13.8 Å². The highest BCUT2D eigenvalue weighted by Crippen LogP contribution is 2.31. The average Bonchev–Trinajstić information content (AvgIpc) is 2.84. The maximum atomic E-state index is 13.6. The normalized spacial score (nSPS) is 14.5. The van der Waals surface area contributed by atoms with Gasteiger partial charge in [0, 0.05) is 24.6 Å². The van der Waals surface area contributed by atoms with E-state index in [4.69, 9.17) is 9.84 Å².